The van der Waals surface area contributed by atoms with Crippen molar-refractivity contribution in [2.45, 2.75) is 25.6 Å². The average Bonchev–Trinajstić information content (AvgIpc) is 2.46. The Bertz CT molecular complexity index is 622. The summed E-state index contributed by atoms with van der Waals surface area (Å²) in [5.74, 6) is 0. The lowest BCUT2D eigenvalue weighted by molar-refractivity contribution is 0.0573. The molecule has 0 bridgehead atoms. The number of hydrogen-bond acceptors (Lipinski definition) is 3. The summed E-state index contributed by atoms with van der Waals surface area (Å²) in [7, 11) is 0. The van der Waals surface area contributed by atoms with E-state index in [1.807, 2.05) is 19.1 Å². The van der Waals surface area contributed by atoms with Gasteiger partial charge in [0, 0.05) is 15.6 Å². The van der Waals surface area contributed by atoms with Crippen LogP contribution in [0.3, 0.4) is 0 Å². The summed E-state index contributed by atoms with van der Waals surface area (Å²) < 4.78 is 0. The number of hydrogen-bond donors (Lipinski definition) is 1. The topological polar surface area (TPSA) is 45.0 Å². The van der Waals surface area contributed by atoms with Gasteiger partial charge in [-0.3, -0.25) is 0 Å². The van der Waals surface area contributed by atoms with E-state index < -0.39 is 5.72 Å². The number of benzene rings is 2. The average molecular weight is 323 g/mol. The van der Waals surface area contributed by atoms with E-state index >= 15 is 0 Å². The Kier molecular flexibility index (Phi) is 4.99. The van der Waals surface area contributed by atoms with Crippen LogP contribution in [0.1, 0.15) is 31.0 Å². The summed E-state index contributed by atoms with van der Waals surface area (Å²) in [6.07, 6.45) is 0. The Morgan fingerprint density at radius 2 is 1.43 bits per heavy atom. The van der Waals surface area contributed by atoms with Gasteiger partial charge >= 0.3 is 0 Å². The van der Waals surface area contributed by atoms with Gasteiger partial charge in [0.25, 0.3) is 0 Å². The summed E-state index contributed by atoms with van der Waals surface area (Å²) in [6.45, 7) is 3.50. The molecule has 0 aliphatic heterocycles. The minimum atomic E-state index is -1.38. The number of azo groups is 1. The maximum Gasteiger partial charge on any atom is 0.199 e. The summed E-state index contributed by atoms with van der Waals surface area (Å²) in [4.78, 5) is 0. The molecule has 2 aromatic rings. The predicted molar refractivity (Wildman–Crippen MR) is 85.7 cm³/mol. The Balaban J connectivity index is 2.15. The Hall–Kier alpha value is -1.42. The summed E-state index contributed by atoms with van der Waals surface area (Å²) in [6, 6.07) is 14.1. The molecule has 2 aromatic carbocycles. The highest BCUT2D eigenvalue weighted by Crippen LogP contribution is 2.27. The Labute approximate surface area is 134 Å². The van der Waals surface area contributed by atoms with E-state index in [2.05, 4.69) is 10.2 Å². The fourth-order valence-corrected chi connectivity index (χ4v) is 2.08. The third-order valence-corrected chi connectivity index (χ3v) is 3.67. The van der Waals surface area contributed by atoms with Gasteiger partial charge in [0.15, 0.2) is 5.72 Å². The maximum absolute atomic E-state index is 10.4. The molecule has 0 spiro atoms. The van der Waals surface area contributed by atoms with Crippen LogP contribution in [0.15, 0.2) is 58.8 Å². The van der Waals surface area contributed by atoms with Gasteiger partial charge in [-0.25, -0.2) is 0 Å². The zero-order valence-electron chi connectivity index (χ0n) is 11.8. The van der Waals surface area contributed by atoms with Gasteiger partial charge in [-0.2, -0.15) is 10.2 Å². The van der Waals surface area contributed by atoms with Gasteiger partial charge in [0.2, 0.25) is 0 Å². The van der Waals surface area contributed by atoms with E-state index in [1.54, 1.807) is 43.3 Å². The van der Waals surface area contributed by atoms with Crippen LogP contribution >= 0.6 is 23.2 Å². The fraction of sp³-hybridized carbons (Fsp3) is 0.250. The summed E-state index contributed by atoms with van der Waals surface area (Å²) >= 11 is 11.7. The lowest BCUT2D eigenvalue weighted by atomic mass is 10.1. The fourth-order valence-electron chi connectivity index (χ4n) is 1.83. The number of rotatable bonds is 4. The third-order valence-electron chi connectivity index (χ3n) is 3.17. The largest absolute Gasteiger partial charge is 0.364 e. The second kappa shape index (κ2) is 6.56. The molecule has 3 nitrogen and oxygen atoms in total. The zero-order valence-corrected chi connectivity index (χ0v) is 13.3. The molecule has 2 unspecified atom stereocenters. The molecular weight excluding hydrogens is 307 g/mol. The van der Waals surface area contributed by atoms with E-state index in [-0.39, 0.29) is 6.04 Å². The van der Waals surface area contributed by atoms with Crippen molar-refractivity contribution in [3.05, 3.63) is 69.7 Å². The monoisotopic (exact) mass is 322 g/mol. The number of nitrogens with zero attached hydrogens (tertiary/aromatic N) is 2. The van der Waals surface area contributed by atoms with Crippen LogP contribution in [0.25, 0.3) is 0 Å². The van der Waals surface area contributed by atoms with Gasteiger partial charge < -0.3 is 5.11 Å². The van der Waals surface area contributed by atoms with E-state index in [1.165, 1.54) is 0 Å². The molecule has 0 fully saturated rings. The molecule has 0 amide bonds. The first kappa shape index (κ1) is 16.0. The molecule has 2 rings (SSSR count). The normalized spacial score (nSPS) is 15.9. The zero-order chi connectivity index (χ0) is 15.5. The van der Waals surface area contributed by atoms with Crippen molar-refractivity contribution < 1.29 is 5.11 Å². The first-order valence-corrected chi connectivity index (χ1v) is 7.30. The van der Waals surface area contributed by atoms with Crippen LogP contribution < -0.4 is 0 Å². The molecule has 0 aliphatic carbocycles. The molecule has 0 saturated carbocycles. The van der Waals surface area contributed by atoms with E-state index in [0.717, 1.165) is 5.56 Å². The number of halogens is 2. The van der Waals surface area contributed by atoms with Crippen molar-refractivity contribution in [3.8, 4) is 0 Å². The molecule has 110 valence electrons. The highest BCUT2D eigenvalue weighted by atomic mass is 35.5. The lowest BCUT2D eigenvalue weighted by Crippen LogP contribution is -2.17. The molecular formula is C16H16Cl2N2O. The smallest absolute Gasteiger partial charge is 0.199 e. The molecule has 21 heavy (non-hydrogen) atoms. The van der Waals surface area contributed by atoms with Crippen molar-refractivity contribution in [1.29, 1.82) is 0 Å². The second-order valence-corrected chi connectivity index (χ2v) is 5.84. The summed E-state index contributed by atoms with van der Waals surface area (Å²) in [5, 5.41) is 19.9. The molecule has 0 radical (unpaired) electrons. The van der Waals surface area contributed by atoms with Crippen molar-refractivity contribution in [1.82, 2.24) is 0 Å². The van der Waals surface area contributed by atoms with Crippen molar-refractivity contribution in [3.63, 3.8) is 0 Å². The van der Waals surface area contributed by atoms with Gasteiger partial charge in [0.05, 0.1) is 6.04 Å². The first-order chi connectivity index (χ1) is 9.88. The molecule has 2 atom stereocenters. The highest BCUT2D eigenvalue weighted by Gasteiger charge is 2.22. The predicted octanol–water partition coefficient (Wildman–Crippen LogP) is 5.37. The number of aliphatic hydroxyl groups is 1. The van der Waals surface area contributed by atoms with Crippen LogP contribution in [-0.4, -0.2) is 5.11 Å². The molecule has 0 aromatic heterocycles. The third kappa shape index (κ3) is 4.27. The van der Waals surface area contributed by atoms with Crippen LogP contribution in [-0.2, 0) is 5.72 Å². The van der Waals surface area contributed by atoms with E-state index in [4.69, 9.17) is 23.2 Å². The van der Waals surface area contributed by atoms with Crippen LogP contribution in [0.5, 0.6) is 0 Å². The molecule has 0 heterocycles. The Morgan fingerprint density at radius 3 is 1.95 bits per heavy atom. The highest BCUT2D eigenvalue weighted by molar-refractivity contribution is 6.30. The maximum atomic E-state index is 10.4. The standard InChI is InChI=1S/C16H16Cl2N2O/c1-11(12-3-7-14(17)8-4-12)19-20-16(2,21)13-5-9-15(18)10-6-13/h3-11,21H,1-2H3/b20-19+. The summed E-state index contributed by atoms with van der Waals surface area (Å²) in [5.41, 5.74) is 0.236. The van der Waals surface area contributed by atoms with Gasteiger partial charge in [-0.05, 0) is 43.7 Å². The van der Waals surface area contributed by atoms with Crippen LogP contribution in [0.2, 0.25) is 10.0 Å². The molecule has 5 heteroatoms. The first-order valence-electron chi connectivity index (χ1n) is 6.54. The van der Waals surface area contributed by atoms with Gasteiger partial charge in [-0.1, -0.05) is 47.5 Å². The Morgan fingerprint density at radius 1 is 0.952 bits per heavy atom. The quantitative estimate of drug-likeness (QED) is 0.755. The van der Waals surface area contributed by atoms with Crippen LogP contribution in [0, 0.1) is 0 Å². The minimum Gasteiger partial charge on any atom is -0.364 e. The minimum absolute atomic E-state index is 0.166. The SMILES string of the molecule is CC(/N=N/C(C)(O)c1ccc(Cl)cc1)c1ccc(Cl)cc1. The molecule has 0 saturated heterocycles. The molecule has 1 N–H and O–H groups in total. The van der Waals surface area contributed by atoms with E-state index in [9.17, 15) is 5.11 Å². The second-order valence-electron chi connectivity index (χ2n) is 4.97. The van der Waals surface area contributed by atoms with Crippen molar-refractivity contribution >= 4 is 23.2 Å². The van der Waals surface area contributed by atoms with Gasteiger partial charge in [-0.15, -0.1) is 0 Å². The van der Waals surface area contributed by atoms with Gasteiger partial charge in [0.1, 0.15) is 0 Å². The lowest BCUT2D eigenvalue weighted by Gasteiger charge is -2.18. The van der Waals surface area contributed by atoms with E-state index in [0.29, 0.717) is 15.6 Å². The van der Waals surface area contributed by atoms with Crippen molar-refractivity contribution in [2.75, 3.05) is 0 Å². The molecule has 0 aliphatic rings. The van der Waals surface area contributed by atoms with Crippen molar-refractivity contribution in [2.24, 2.45) is 10.2 Å². The van der Waals surface area contributed by atoms with Crippen LogP contribution in [0.4, 0.5) is 0 Å².